The van der Waals surface area contributed by atoms with Gasteiger partial charge in [0.1, 0.15) is 17.9 Å². The first-order valence-electron chi connectivity index (χ1n) is 12.8. The molecule has 0 saturated heterocycles. The lowest BCUT2D eigenvalue weighted by Crippen LogP contribution is -2.56. The molecule has 0 aliphatic carbocycles. The first kappa shape index (κ1) is 29.2. The van der Waals surface area contributed by atoms with E-state index in [-0.39, 0.29) is 66.3 Å². The van der Waals surface area contributed by atoms with Gasteiger partial charge in [0, 0.05) is 43.6 Å². The summed E-state index contributed by atoms with van der Waals surface area (Å²) in [7, 11) is 0. The third-order valence-corrected chi connectivity index (χ3v) is 7.39. The predicted molar refractivity (Wildman–Crippen MR) is 153 cm³/mol. The van der Waals surface area contributed by atoms with Crippen molar-refractivity contribution < 1.29 is 19.2 Å². The number of Topliss-reactive ketones (excluding diaryl/α,β-unsaturated/α-hetero) is 1. The molecular weight excluding hydrogens is 553 g/mol. The highest BCUT2D eigenvalue weighted by Gasteiger charge is 2.36. The van der Waals surface area contributed by atoms with Crippen molar-refractivity contribution in [2.45, 2.75) is 44.3 Å². The number of rotatable bonds is 10. The van der Waals surface area contributed by atoms with Gasteiger partial charge in [-0.05, 0) is 24.1 Å². The maximum atomic E-state index is 13.6. The summed E-state index contributed by atoms with van der Waals surface area (Å²) in [4.78, 5) is 58.1. The number of ketones is 1. The molecule has 3 amide bonds. The summed E-state index contributed by atoms with van der Waals surface area (Å²) >= 11 is 11.9. The Labute approximate surface area is 242 Å². The molecule has 208 valence electrons. The number of hydrogen-bond acceptors (Lipinski definition) is 6. The standard InChI is InChI=1S/C29H29Cl2N5O4/c30-21-15-26(33-16-22(21)31)35-28(39)23(12-13-32)34-29(40)24-14-19-8-4-5-9-20(19)17-36(24)27(38)11-10-25(37)18-6-2-1-3-7-18/h1-9,15-16,23-24H,10-14,17,32H2,(H,34,40)(H,33,35,39)/t23-,24-/m0/s1. The van der Waals surface area contributed by atoms with Gasteiger partial charge in [0.15, 0.2) is 5.78 Å². The molecule has 2 heterocycles. The van der Waals surface area contributed by atoms with Gasteiger partial charge in [-0.2, -0.15) is 0 Å². The predicted octanol–water partition coefficient (Wildman–Crippen LogP) is 3.78. The number of benzene rings is 2. The Bertz CT molecular complexity index is 1400. The molecule has 9 nitrogen and oxygen atoms in total. The average Bonchev–Trinajstić information content (AvgIpc) is 2.97. The third kappa shape index (κ3) is 7.24. The Balaban J connectivity index is 1.49. The van der Waals surface area contributed by atoms with Crippen LogP contribution in [0.4, 0.5) is 5.82 Å². The molecule has 2 atom stereocenters. The Kier molecular flexibility index (Phi) is 9.87. The molecule has 4 N–H and O–H groups in total. The summed E-state index contributed by atoms with van der Waals surface area (Å²) < 4.78 is 0. The summed E-state index contributed by atoms with van der Waals surface area (Å²) in [6.45, 7) is 0.346. The summed E-state index contributed by atoms with van der Waals surface area (Å²) in [6, 6.07) is 15.9. The molecule has 40 heavy (non-hydrogen) atoms. The van der Waals surface area contributed by atoms with Crippen molar-refractivity contribution in [1.29, 1.82) is 0 Å². The quantitative estimate of drug-likeness (QED) is 0.312. The largest absolute Gasteiger partial charge is 0.342 e. The molecule has 0 spiro atoms. The third-order valence-electron chi connectivity index (χ3n) is 6.68. The van der Waals surface area contributed by atoms with Crippen molar-refractivity contribution in [3.8, 4) is 0 Å². The fourth-order valence-corrected chi connectivity index (χ4v) is 4.81. The minimum atomic E-state index is -0.984. The summed E-state index contributed by atoms with van der Waals surface area (Å²) in [6.07, 6.45) is 1.70. The van der Waals surface area contributed by atoms with Gasteiger partial charge in [-0.1, -0.05) is 77.8 Å². The van der Waals surface area contributed by atoms with Crippen LogP contribution in [-0.4, -0.2) is 52.0 Å². The smallest absolute Gasteiger partial charge is 0.248 e. The van der Waals surface area contributed by atoms with E-state index in [2.05, 4.69) is 15.6 Å². The van der Waals surface area contributed by atoms with Crippen LogP contribution >= 0.6 is 23.2 Å². The number of anilines is 1. The molecule has 11 heteroatoms. The molecule has 0 radical (unpaired) electrons. The van der Waals surface area contributed by atoms with Crippen LogP contribution in [0.15, 0.2) is 66.9 Å². The normalized spacial score (nSPS) is 15.1. The highest BCUT2D eigenvalue weighted by molar-refractivity contribution is 6.42. The lowest BCUT2D eigenvalue weighted by atomic mass is 9.92. The molecule has 2 aromatic carbocycles. The van der Waals surface area contributed by atoms with Crippen molar-refractivity contribution in [2.75, 3.05) is 11.9 Å². The van der Waals surface area contributed by atoms with Gasteiger partial charge in [-0.15, -0.1) is 0 Å². The minimum Gasteiger partial charge on any atom is -0.342 e. The zero-order chi connectivity index (χ0) is 28.6. The fourth-order valence-electron chi connectivity index (χ4n) is 4.55. The zero-order valence-electron chi connectivity index (χ0n) is 21.6. The summed E-state index contributed by atoms with van der Waals surface area (Å²) in [5.41, 5.74) is 8.12. The van der Waals surface area contributed by atoms with Crippen molar-refractivity contribution in [1.82, 2.24) is 15.2 Å². The van der Waals surface area contributed by atoms with Gasteiger partial charge in [0.25, 0.3) is 0 Å². The number of carbonyl (C=O) groups is 4. The van der Waals surface area contributed by atoms with E-state index in [9.17, 15) is 19.2 Å². The van der Waals surface area contributed by atoms with E-state index in [1.807, 2.05) is 30.3 Å². The molecule has 0 saturated carbocycles. The van der Waals surface area contributed by atoms with Gasteiger partial charge in [-0.25, -0.2) is 4.98 Å². The van der Waals surface area contributed by atoms with E-state index < -0.39 is 23.9 Å². The number of carbonyl (C=O) groups excluding carboxylic acids is 4. The molecule has 0 fully saturated rings. The maximum absolute atomic E-state index is 13.6. The molecular formula is C29H29Cl2N5O4. The number of amides is 3. The lowest BCUT2D eigenvalue weighted by Gasteiger charge is -2.36. The number of aromatic nitrogens is 1. The number of fused-ring (bicyclic) bond motifs is 1. The second kappa shape index (κ2) is 13.5. The van der Waals surface area contributed by atoms with E-state index in [4.69, 9.17) is 28.9 Å². The van der Waals surface area contributed by atoms with Crippen LogP contribution in [0.5, 0.6) is 0 Å². The summed E-state index contributed by atoms with van der Waals surface area (Å²) in [5, 5.41) is 5.83. The Morgan fingerprint density at radius 3 is 2.38 bits per heavy atom. The number of pyridine rings is 1. The Morgan fingerprint density at radius 2 is 1.68 bits per heavy atom. The number of nitrogens with zero attached hydrogens (tertiary/aromatic N) is 2. The molecule has 3 aromatic rings. The van der Waals surface area contributed by atoms with Crippen LogP contribution < -0.4 is 16.4 Å². The Hall–Kier alpha value is -3.79. The van der Waals surface area contributed by atoms with Crippen LogP contribution in [0.2, 0.25) is 10.0 Å². The number of halogens is 2. The van der Waals surface area contributed by atoms with Crippen LogP contribution in [0, 0.1) is 0 Å². The maximum Gasteiger partial charge on any atom is 0.248 e. The van der Waals surface area contributed by atoms with Crippen molar-refractivity contribution >= 4 is 52.5 Å². The van der Waals surface area contributed by atoms with Crippen LogP contribution in [0.1, 0.15) is 40.7 Å². The van der Waals surface area contributed by atoms with Crippen molar-refractivity contribution in [2.24, 2.45) is 5.73 Å². The second-order valence-corrected chi connectivity index (χ2v) is 10.2. The molecule has 1 aliphatic rings. The monoisotopic (exact) mass is 581 g/mol. The van der Waals surface area contributed by atoms with E-state index >= 15 is 0 Å². The van der Waals surface area contributed by atoms with Gasteiger partial charge < -0.3 is 21.3 Å². The van der Waals surface area contributed by atoms with E-state index in [1.165, 1.54) is 17.2 Å². The van der Waals surface area contributed by atoms with Crippen molar-refractivity contribution in [3.05, 3.63) is 93.6 Å². The van der Waals surface area contributed by atoms with Gasteiger partial charge in [0.05, 0.1) is 10.0 Å². The number of hydrogen-bond donors (Lipinski definition) is 3. The number of nitrogens with one attached hydrogen (secondary N) is 2. The minimum absolute atomic E-state index is 0.0180. The zero-order valence-corrected chi connectivity index (χ0v) is 23.1. The van der Waals surface area contributed by atoms with Crippen molar-refractivity contribution in [3.63, 3.8) is 0 Å². The van der Waals surface area contributed by atoms with Crippen LogP contribution in [0.3, 0.4) is 0 Å². The molecule has 1 aromatic heterocycles. The second-order valence-electron chi connectivity index (χ2n) is 9.41. The van der Waals surface area contributed by atoms with Crippen LogP contribution in [0.25, 0.3) is 0 Å². The molecule has 4 rings (SSSR count). The van der Waals surface area contributed by atoms with Gasteiger partial charge >= 0.3 is 0 Å². The molecule has 0 bridgehead atoms. The lowest BCUT2D eigenvalue weighted by molar-refractivity contribution is -0.142. The van der Waals surface area contributed by atoms with Gasteiger partial charge in [-0.3, -0.25) is 19.2 Å². The van der Waals surface area contributed by atoms with E-state index in [1.54, 1.807) is 24.3 Å². The van der Waals surface area contributed by atoms with Gasteiger partial charge in [0.2, 0.25) is 17.7 Å². The van der Waals surface area contributed by atoms with Crippen LogP contribution in [-0.2, 0) is 27.3 Å². The fraction of sp³-hybridized carbons (Fsp3) is 0.276. The SMILES string of the molecule is NCC[C@H](NC(=O)[C@@H]1Cc2ccccc2CN1C(=O)CCC(=O)c1ccccc1)C(=O)Nc1cc(Cl)c(Cl)cn1. The molecule has 1 aliphatic heterocycles. The first-order valence-corrected chi connectivity index (χ1v) is 13.6. The van der Waals surface area contributed by atoms with E-state index in [0.717, 1.165) is 11.1 Å². The molecule has 0 unspecified atom stereocenters. The first-order chi connectivity index (χ1) is 19.3. The van der Waals surface area contributed by atoms with E-state index in [0.29, 0.717) is 5.56 Å². The average molecular weight is 582 g/mol. The topological polar surface area (TPSA) is 134 Å². The summed E-state index contributed by atoms with van der Waals surface area (Å²) in [5.74, 6) is -1.33. The highest BCUT2D eigenvalue weighted by Crippen LogP contribution is 2.26. The Morgan fingerprint density at radius 1 is 0.975 bits per heavy atom. The highest BCUT2D eigenvalue weighted by atomic mass is 35.5. The number of nitrogens with two attached hydrogens (primary N) is 1.